The number of carbonyl (C=O) groups excluding carboxylic acids is 1. The van der Waals surface area contributed by atoms with Crippen LogP contribution in [0.3, 0.4) is 0 Å². The van der Waals surface area contributed by atoms with Crippen molar-refractivity contribution in [3.05, 3.63) is 0 Å². The molecule has 7 atom stereocenters. The zero-order valence-electron chi connectivity index (χ0n) is 12.8. The lowest BCUT2D eigenvalue weighted by molar-refractivity contribution is -0.278. The highest BCUT2D eigenvalue weighted by Gasteiger charge is 2.48. The van der Waals surface area contributed by atoms with E-state index in [1.165, 1.54) is 0 Å². The van der Waals surface area contributed by atoms with Gasteiger partial charge in [0.05, 0.1) is 0 Å². The molecule has 2 rings (SSSR count). The number of aliphatic hydroxyl groups excluding tert-OH is 3. The number of carboxylic acid groups (broad SMARTS) is 1. The second kappa shape index (κ2) is 7.43. The normalized spacial score (nSPS) is 41.1. The Kier molecular flexibility index (Phi) is 5.79. The first-order valence-corrected chi connectivity index (χ1v) is 7.71. The molecule has 5 N–H and O–H groups in total. The molecule has 1 amide bonds. The third kappa shape index (κ3) is 4.11. The van der Waals surface area contributed by atoms with E-state index in [-0.39, 0.29) is 12.0 Å². The Morgan fingerprint density at radius 2 is 1.74 bits per heavy atom. The summed E-state index contributed by atoms with van der Waals surface area (Å²) in [6.45, 7) is 2.01. The molecule has 2 aliphatic rings. The summed E-state index contributed by atoms with van der Waals surface area (Å²) in [6.07, 6.45) is -5.79. The van der Waals surface area contributed by atoms with Crippen LogP contribution in [0.5, 0.6) is 0 Å². The fraction of sp³-hybridized carbons (Fsp3) is 0.857. The first-order valence-electron chi connectivity index (χ1n) is 7.71. The van der Waals surface area contributed by atoms with Crippen molar-refractivity contribution in [1.82, 2.24) is 5.32 Å². The highest BCUT2D eigenvalue weighted by molar-refractivity contribution is 5.73. The molecule has 9 nitrogen and oxygen atoms in total. The van der Waals surface area contributed by atoms with Crippen LogP contribution in [0.4, 0.5) is 4.79 Å². The van der Waals surface area contributed by atoms with Crippen molar-refractivity contribution < 1.29 is 39.5 Å². The maximum absolute atomic E-state index is 11.9. The van der Waals surface area contributed by atoms with E-state index in [0.717, 1.165) is 25.7 Å². The number of hydrogen-bond donors (Lipinski definition) is 5. The maximum atomic E-state index is 11.9. The summed E-state index contributed by atoms with van der Waals surface area (Å²) in [7, 11) is 0. The largest absolute Gasteiger partial charge is 0.479 e. The van der Waals surface area contributed by atoms with Crippen LogP contribution in [0.25, 0.3) is 0 Å². The van der Waals surface area contributed by atoms with Crippen molar-refractivity contribution in [3.8, 4) is 0 Å². The molecule has 132 valence electrons. The number of nitrogens with one attached hydrogen (secondary N) is 1. The van der Waals surface area contributed by atoms with E-state index in [1.807, 2.05) is 6.92 Å². The predicted octanol–water partition coefficient (Wildman–Crippen LogP) is -0.816. The van der Waals surface area contributed by atoms with Crippen molar-refractivity contribution in [3.63, 3.8) is 0 Å². The van der Waals surface area contributed by atoms with Gasteiger partial charge in [0.2, 0.25) is 6.29 Å². The van der Waals surface area contributed by atoms with Gasteiger partial charge in [-0.1, -0.05) is 19.8 Å². The van der Waals surface area contributed by atoms with Crippen LogP contribution in [-0.2, 0) is 14.3 Å². The Hall–Kier alpha value is -1.42. The highest BCUT2D eigenvalue weighted by Crippen LogP contribution is 2.25. The zero-order valence-corrected chi connectivity index (χ0v) is 12.8. The minimum atomic E-state index is -1.82. The first kappa shape index (κ1) is 17.9. The average Bonchev–Trinajstić information content (AvgIpc) is 2.50. The highest BCUT2D eigenvalue weighted by atomic mass is 16.7. The standard InChI is InChI=1S/C14H23NO8/c1-6-4-2-3-5-7(6)15-14(21)23-13-10(18)8(16)9(17)11(22-13)12(19)20/h6-11,13,16-18H,2-5H2,1H3,(H,15,21)(H,19,20). The Bertz CT molecular complexity index is 444. The molecule has 1 heterocycles. The lowest BCUT2D eigenvalue weighted by atomic mass is 9.86. The van der Waals surface area contributed by atoms with Crippen LogP contribution in [0.2, 0.25) is 0 Å². The molecule has 1 aliphatic carbocycles. The summed E-state index contributed by atoms with van der Waals surface area (Å²) < 4.78 is 9.78. The summed E-state index contributed by atoms with van der Waals surface area (Å²) in [5, 5.41) is 40.6. The monoisotopic (exact) mass is 333 g/mol. The molecule has 23 heavy (non-hydrogen) atoms. The minimum absolute atomic E-state index is 0.0669. The van der Waals surface area contributed by atoms with Crippen LogP contribution in [0, 0.1) is 5.92 Å². The van der Waals surface area contributed by atoms with Gasteiger partial charge in [-0.3, -0.25) is 0 Å². The number of rotatable bonds is 3. The predicted molar refractivity (Wildman–Crippen MR) is 75.4 cm³/mol. The van der Waals surface area contributed by atoms with Gasteiger partial charge in [-0.05, 0) is 18.8 Å². The number of carboxylic acids is 1. The van der Waals surface area contributed by atoms with Gasteiger partial charge in [0, 0.05) is 6.04 Å². The molecule has 1 aliphatic heterocycles. The molecular weight excluding hydrogens is 310 g/mol. The van der Waals surface area contributed by atoms with Crippen LogP contribution in [0.15, 0.2) is 0 Å². The number of aliphatic carboxylic acids is 1. The number of hydrogen-bond acceptors (Lipinski definition) is 7. The van der Waals surface area contributed by atoms with E-state index in [1.54, 1.807) is 0 Å². The smallest absolute Gasteiger partial charge is 0.409 e. The molecule has 2 fully saturated rings. The van der Waals surface area contributed by atoms with Gasteiger partial charge >= 0.3 is 12.1 Å². The van der Waals surface area contributed by atoms with Gasteiger partial charge in [0.1, 0.15) is 18.3 Å². The fourth-order valence-corrected chi connectivity index (χ4v) is 2.97. The SMILES string of the molecule is CC1CCCCC1NC(=O)OC1OC(C(=O)O)C(O)C(O)C1O. The zero-order chi connectivity index (χ0) is 17.1. The van der Waals surface area contributed by atoms with Crippen molar-refractivity contribution >= 4 is 12.1 Å². The second-order valence-electron chi connectivity index (χ2n) is 6.15. The molecule has 9 heteroatoms. The minimum Gasteiger partial charge on any atom is -0.479 e. The third-order valence-corrected chi connectivity index (χ3v) is 4.45. The number of aliphatic hydroxyl groups is 3. The summed E-state index contributed by atoms with van der Waals surface area (Å²) in [5.41, 5.74) is 0. The molecule has 7 unspecified atom stereocenters. The van der Waals surface area contributed by atoms with E-state index in [9.17, 15) is 24.9 Å². The van der Waals surface area contributed by atoms with Gasteiger partial charge in [-0.25, -0.2) is 9.59 Å². The summed E-state index contributed by atoms with van der Waals surface area (Å²) in [5.74, 6) is -1.24. The van der Waals surface area contributed by atoms with Crippen LogP contribution >= 0.6 is 0 Å². The van der Waals surface area contributed by atoms with Crippen molar-refractivity contribution in [2.45, 2.75) is 69.4 Å². The van der Waals surface area contributed by atoms with Crippen molar-refractivity contribution in [2.24, 2.45) is 5.92 Å². The van der Waals surface area contributed by atoms with Crippen LogP contribution in [0.1, 0.15) is 32.6 Å². The van der Waals surface area contributed by atoms with Gasteiger partial charge in [-0.2, -0.15) is 0 Å². The fourth-order valence-electron chi connectivity index (χ4n) is 2.97. The van der Waals surface area contributed by atoms with Gasteiger partial charge < -0.3 is 35.2 Å². The van der Waals surface area contributed by atoms with E-state index in [0.29, 0.717) is 0 Å². The lowest BCUT2D eigenvalue weighted by Crippen LogP contribution is -2.61. The van der Waals surface area contributed by atoms with E-state index < -0.39 is 42.8 Å². The molecule has 0 aromatic heterocycles. The van der Waals surface area contributed by atoms with Gasteiger partial charge in [-0.15, -0.1) is 0 Å². The number of amides is 1. The maximum Gasteiger partial charge on any atom is 0.409 e. The molecule has 0 aromatic carbocycles. The van der Waals surface area contributed by atoms with Gasteiger partial charge in [0.25, 0.3) is 0 Å². The Morgan fingerprint density at radius 1 is 1.09 bits per heavy atom. The molecule has 0 spiro atoms. The summed E-state index contributed by atoms with van der Waals surface area (Å²) in [4.78, 5) is 22.9. The van der Waals surface area contributed by atoms with Crippen molar-refractivity contribution in [1.29, 1.82) is 0 Å². The molecular formula is C14H23NO8. The van der Waals surface area contributed by atoms with Crippen LogP contribution < -0.4 is 5.32 Å². The van der Waals surface area contributed by atoms with E-state index in [2.05, 4.69) is 5.32 Å². The van der Waals surface area contributed by atoms with E-state index >= 15 is 0 Å². The average molecular weight is 333 g/mol. The van der Waals surface area contributed by atoms with E-state index in [4.69, 9.17) is 14.6 Å². The van der Waals surface area contributed by atoms with Crippen LogP contribution in [-0.4, -0.2) is 69.2 Å². The second-order valence-corrected chi connectivity index (χ2v) is 6.15. The molecule has 0 bridgehead atoms. The first-order chi connectivity index (χ1) is 10.8. The topological polar surface area (TPSA) is 146 Å². The molecule has 1 saturated heterocycles. The number of alkyl carbamates (subject to hydrolysis) is 1. The Balaban J connectivity index is 1.94. The number of carbonyl (C=O) groups is 2. The molecule has 0 radical (unpaired) electrons. The van der Waals surface area contributed by atoms with Gasteiger partial charge in [0.15, 0.2) is 6.10 Å². The quantitative estimate of drug-likeness (QED) is 0.450. The lowest BCUT2D eigenvalue weighted by Gasteiger charge is -2.38. The Labute approximate surface area is 133 Å². The third-order valence-electron chi connectivity index (χ3n) is 4.45. The molecule has 0 aromatic rings. The summed E-state index contributed by atoms with van der Waals surface area (Å²) >= 11 is 0. The summed E-state index contributed by atoms with van der Waals surface area (Å²) in [6, 6.07) is -0.0669. The number of ether oxygens (including phenoxy) is 2. The Morgan fingerprint density at radius 3 is 2.35 bits per heavy atom. The van der Waals surface area contributed by atoms with Crippen molar-refractivity contribution in [2.75, 3.05) is 0 Å². The molecule has 1 saturated carbocycles.